The number of piperidine rings is 1. The van der Waals surface area contributed by atoms with Gasteiger partial charge in [0.1, 0.15) is 0 Å². The summed E-state index contributed by atoms with van der Waals surface area (Å²) in [6.07, 6.45) is 4.46. The number of rotatable bonds is 6. The summed E-state index contributed by atoms with van der Waals surface area (Å²) < 4.78 is 0. The van der Waals surface area contributed by atoms with Crippen molar-refractivity contribution < 1.29 is 9.59 Å². The Kier molecular flexibility index (Phi) is 6.75. The fourth-order valence-corrected chi connectivity index (χ4v) is 4.23. The Balaban J connectivity index is 1.45. The number of nitrogens with one attached hydrogen (secondary N) is 1. The smallest absolute Gasteiger partial charge is 0.317 e. The van der Waals surface area contributed by atoms with Gasteiger partial charge in [-0.25, -0.2) is 4.79 Å². The first-order chi connectivity index (χ1) is 13.0. The minimum atomic E-state index is 0.0416. The Morgan fingerprint density at radius 1 is 1.15 bits per heavy atom. The number of amides is 3. The Bertz CT molecular complexity index is 624. The lowest BCUT2D eigenvalue weighted by molar-refractivity contribution is -0.130. The molecule has 3 rings (SSSR count). The molecule has 1 aromatic rings. The van der Waals surface area contributed by atoms with Gasteiger partial charge in [-0.1, -0.05) is 44.2 Å². The number of likely N-dealkylation sites (tertiary alicyclic amines) is 2. The van der Waals surface area contributed by atoms with E-state index in [1.807, 2.05) is 15.9 Å². The second-order valence-electron chi connectivity index (χ2n) is 8.29. The molecule has 1 aromatic carbocycles. The van der Waals surface area contributed by atoms with Gasteiger partial charge in [0.05, 0.1) is 0 Å². The standard InChI is InChI=1S/C22H33N3O2/c1-17(2)19(15-18-7-4-3-5-8-18)16-23-22(27)24-13-10-20(11-14-24)25-12-6-9-21(25)26/h3-5,7-8,17,19-20H,6,9-16H2,1-2H3,(H,23,27)/t19-/m1/s1. The molecule has 3 amide bonds. The van der Waals surface area contributed by atoms with Crippen LogP contribution >= 0.6 is 0 Å². The van der Waals surface area contributed by atoms with Crippen molar-refractivity contribution in [2.75, 3.05) is 26.2 Å². The minimum absolute atomic E-state index is 0.0416. The van der Waals surface area contributed by atoms with Crippen molar-refractivity contribution in [1.82, 2.24) is 15.1 Å². The molecule has 1 atom stereocenters. The van der Waals surface area contributed by atoms with E-state index in [-0.39, 0.29) is 6.03 Å². The number of carbonyl (C=O) groups is 2. The molecule has 2 fully saturated rings. The first-order valence-electron chi connectivity index (χ1n) is 10.4. The quantitative estimate of drug-likeness (QED) is 0.834. The molecule has 5 nitrogen and oxygen atoms in total. The molecule has 0 bridgehead atoms. The summed E-state index contributed by atoms with van der Waals surface area (Å²) in [6, 6.07) is 10.9. The van der Waals surface area contributed by atoms with Gasteiger partial charge < -0.3 is 15.1 Å². The van der Waals surface area contributed by atoms with E-state index in [2.05, 4.69) is 43.4 Å². The molecule has 5 heteroatoms. The van der Waals surface area contributed by atoms with E-state index in [1.54, 1.807) is 0 Å². The van der Waals surface area contributed by atoms with Gasteiger partial charge in [-0.2, -0.15) is 0 Å². The molecule has 0 aliphatic carbocycles. The van der Waals surface area contributed by atoms with Crippen LogP contribution < -0.4 is 5.32 Å². The van der Waals surface area contributed by atoms with Crippen LogP contribution in [-0.2, 0) is 11.2 Å². The summed E-state index contributed by atoms with van der Waals surface area (Å²) in [5, 5.41) is 3.15. The Morgan fingerprint density at radius 3 is 2.44 bits per heavy atom. The molecule has 0 radical (unpaired) electrons. The molecule has 0 saturated carbocycles. The van der Waals surface area contributed by atoms with E-state index >= 15 is 0 Å². The van der Waals surface area contributed by atoms with Crippen LogP contribution in [0.2, 0.25) is 0 Å². The predicted octanol–water partition coefficient (Wildman–Crippen LogP) is 3.30. The van der Waals surface area contributed by atoms with Crippen LogP contribution in [0.15, 0.2) is 30.3 Å². The number of hydrogen-bond donors (Lipinski definition) is 1. The van der Waals surface area contributed by atoms with Crippen molar-refractivity contribution in [3.63, 3.8) is 0 Å². The average Bonchev–Trinajstić information content (AvgIpc) is 3.11. The molecule has 0 unspecified atom stereocenters. The zero-order chi connectivity index (χ0) is 19.2. The van der Waals surface area contributed by atoms with Gasteiger partial charge in [-0.05, 0) is 43.1 Å². The van der Waals surface area contributed by atoms with Gasteiger partial charge in [-0.15, -0.1) is 0 Å². The monoisotopic (exact) mass is 371 g/mol. The van der Waals surface area contributed by atoms with Gasteiger partial charge in [0.2, 0.25) is 5.91 Å². The molecular formula is C22H33N3O2. The van der Waals surface area contributed by atoms with Crippen LogP contribution in [-0.4, -0.2) is 54.0 Å². The topological polar surface area (TPSA) is 52.7 Å². The van der Waals surface area contributed by atoms with Crippen LogP contribution in [0.4, 0.5) is 4.79 Å². The van der Waals surface area contributed by atoms with Crippen LogP contribution in [0.1, 0.15) is 45.1 Å². The molecule has 148 valence electrons. The normalized spacial score (nSPS) is 19.6. The van der Waals surface area contributed by atoms with Gasteiger partial charge in [0.15, 0.2) is 0 Å². The molecule has 27 heavy (non-hydrogen) atoms. The lowest BCUT2D eigenvalue weighted by Gasteiger charge is -2.37. The van der Waals surface area contributed by atoms with Gasteiger partial charge in [-0.3, -0.25) is 4.79 Å². The van der Waals surface area contributed by atoms with E-state index in [0.29, 0.717) is 36.8 Å². The molecular weight excluding hydrogens is 338 g/mol. The highest BCUT2D eigenvalue weighted by molar-refractivity contribution is 5.78. The average molecular weight is 372 g/mol. The zero-order valence-corrected chi connectivity index (χ0v) is 16.7. The summed E-state index contributed by atoms with van der Waals surface area (Å²) in [4.78, 5) is 28.5. The first kappa shape index (κ1) is 19.7. The van der Waals surface area contributed by atoms with Crippen molar-refractivity contribution in [2.45, 2.75) is 52.0 Å². The summed E-state index contributed by atoms with van der Waals surface area (Å²) in [6.45, 7) is 7.52. The van der Waals surface area contributed by atoms with E-state index in [9.17, 15) is 9.59 Å². The van der Waals surface area contributed by atoms with E-state index in [1.165, 1.54) is 5.56 Å². The Labute approximate surface area is 163 Å². The highest BCUT2D eigenvalue weighted by Gasteiger charge is 2.32. The summed E-state index contributed by atoms with van der Waals surface area (Å²) in [5.41, 5.74) is 1.32. The second kappa shape index (κ2) is 9.25. The lowest BCUT2D eigenvalue weighted by atomic mass is 9.89. The molecule has 2 heterocycles. The van der Waals surface area contributed by atoms with E-state index in [0.717, 1.165) is 45.3 Å². The Morgan fingerprint density at radius 2 is 1.85 bits per heavy atom. The SMILES string of the molecule is CC(C)[C@@H](CNC(=O)N1CCC(N2CCCC2=O)CC1)Cc1ccccc1. The molecule has 2 saturated heterocycles. The number of nitrogens with zero attached hydrogens (tertiary/aromatic N) is 2. The number of hydrogen-bond acceptors (Lipinski definition) is 2. The first-order valence-corrected chi connectivity index (χ1v) is 10.4. The molecule has 0 aromatic heterocycles. The largest absolute Gasteiger partial charge is 0.340 e. The van der Waals surface area contributed by atoms with Gasteiger partial charge in [0, 0.05) is 38.6 Å². The predicted molar refractivity (Wildman–Crippen MR) is 107 cm³/mol. The van der Waals surface area contributed by atoms with Crippen LogP contribution in [0, 0.1) is 11.8 Å². The van der Waals surface area contributed by atoms with Crippen molar-refractivity contribution in [1.29, 1.82) is 0 Å². The third kappa shape index (κ3) is 5.24. The third-order valence-electron chi connectivity index (χ3n) is 6.10. The number of carbonyl (C=O) groups excluding carboxylic acids is 2. The van der Waals surface area contributed by atoms with Crippen molar-refractivity contribution >= 4 is 11.9 Å². The Hall–Kier alpha value is -2.04. The fourth-order valence-electron chi connectivity index (χ4n) is 4.23. The fraction of sp³-hybridized carbons (Fsp3) is 0.636. The van der Waals surface area contributed by atoms with Crippen LogP contribution in [0.3, 0.4) is 0 Å². The maximum atomic E-state index is 12.6. The highest BCUT2D eigenvalue weighted by Crippen LogP contribution is 2.22. The maximum Gasteiger partial charge on any atom is 0.317 e. The third-order valence-corrected chi connectivity index (χ3v) is 6.10. The number of urea groups is 1. The van der Waals surface area contributed by atoms with Gasteiger partial charge >= 0.3 is 6.03 Å². The second-order valence-corrected chi connectivity index (χ2v) is 8.29. The van der Waals surface area contributed by atoms with Crippen molar-refractivity contribution in [3.05, 3.63) is 35.9 Å². The van der Waals surface area contributed by atoms with Crippen molar-refractivity contribution in [2.24, 2.45) is 11.8 Å². The van der Waals surface area contributed by atoms with Crippen LogP contribution in [0.5, 0.6) is 0 Å². The molecule has 2 aliphatic heterocycles. The summed E-state index contributed by atoms with van der Waals surface area (Å²) in [5.74, 6) is 1.23. The van der Waals surface area contributed by atoms with Gasteiger partial charge in [0.25, 0.3) is 0 Å². The lowest BCUT2D eigenvalue weighted by Crippen LogP contribution is -2.50. The molecule has 1 N–H and O–H groups in total. The molecule has 2 aliphatic rings. The van der Waals surface area contributed by atoms with Crippen molar-refractivity contribution in [3.8, 4) is 0 Å². The highest BCUT2D eigenvalue weighted by atomic mass is 16.2. The maximum absolute atomic E-state index is 12.6. The molecule has 0 spiro atoms. The van der Waals surface area contributed by atoms with E-state index in [4.69, 9.17) is 0 Å². The zero-order valence-electron chi connectivity index (χ0n) is 16.7. The van der Waals surface area contributed by atoms with E-state index < -0.39 is 0 Å². The number of benzene rings is 1. The van der Waals surface area contributed by atoms with Crippen LogP contribution in [0.25, 0.3) is 0 Å². The summed E-state index contributed by atoms with van der Waals surface area (Å²) >= 11 is 0. The minimum Gasteiger partial charge on any atom is -0.340 e. The summed E-state index contributed by atoms with van der Waals surface area (Å²) in [7, 11) is 0.